The predicted molar refractivity (Wildman–Crippen MR) is 84.5 cm³/mol. The molecule has 1 aromatic carbocycles. The van der Waals surface area contributed by atoms with Crippen molar-refractivity contribution < 1.29 is 5.11 Å². The van der Waals surface area contributed by atoms with Gasteiger partial charge in [-0.2, -0.15) is 0 Å². The molecule has 3 heterocycles. The molecule has 1 aliphatic rings. The van der Waals surface area contributed by atoms with E-state index >= 15 is 0 Å². The molecule has 0 aliphatic carbocycles. The number of aliphatic hydroxyl groups excluding tert-OH is 1. The topological polar surface area (TPSA) is 80.0 Å². The smallest absolute Gasteiger partial charge is 0.161 e. The lowest BCUT2D eigenvalue weighted by Crippen LogP contribution is -2.35. The van der Waals surface area contributed by atoms with E-state index in [4.69, 9.17) is 0 Å². The average molecular weight is 308 g/mol. The number of aromatic nitrogens is 5. The molecule has 0 saturated carbocycles. The van der Waals surface area contributed by atoms with Gasteiger partial charge in [-0.3, -0.25) is 0 Å². The van der Waals surface area contributed by atoms with Crippen LogP contribution in [0, 0.1) is 0 Å². The van der Waals surface area contributed by atoms with Crippen molar-refractivity contribution in [2.24, 2.45) is 0 Å². The summed E-state index contributed by atoms with van der Waals surface area (Å²) in [5.74, 6) is 1.58. The molecule has 1 aliphatic heterocycles. The predicted octanol–water partition coefficient (Wildman–Crippen LogP) is 1.25. The maximum absolute atomic E-state index is 9.37. The lowest BCUT2D eigenvalue weighted by atomic mass is 10.2. The van der Waals surface area contributed by atoms with E-state index in [1.54, 1.807) is 6.20 Å². The largest absolute Gasteiger partial charge is 0.390 e. The number of nitrogens with zero attached hydrogens (tertiary/aromatic N) is 6. The quantitative estimate of drug-likeness (QED) is 0.784. The molecule has 0 fully saturated rings. The first-order valence-corrected chi connectivity index (χ1v) is 7.50. The fraction of sp³-hybridized carbons (Fsp3) is 0.250. The highest BCUT2D eigenvalue weighted by molar-refractivity contribution is 5.57. The first-order chi connectivity index (χ1) is 11.3. The Kier molecular flexibility index (Phi) is 3.47. The molecule has 0 unspecified atom stereocenters. The van der Waals surface area contributed by atoms with Crippen LogP contribution < -0.4 is 4.90 Å². The summed E-state index contributed by atoms with van der Waals surface area (Å²) in [5.41, 5.74) is 2.57. The molecule has 0 spiro atoms. The number of aliphatic hydroxyl groups is 1. The number of benzene rings is 1. The molecule has 0 radical (unpaired) electrons. The highest BCUT2D eigenvalue weighted by Crippen LogP contribution is 2.22. The van der Waals surface area contributed by atoms with Gasteiger partial charge in [0, 0.05) is 18.3 Å². The maximum Gasteiger partial charge on any atom is 0.161 e. The molecule has 0 bridgehead atoms. The van der Waals surface area contributed by atoms with Crippen LogP contribution in [0.25, 0.3) is 11.4 Å². The van der Waals surface area contributed by atoms with Crippen LogP contribution in [-0.4, -0.2) is 36.6 Å². The molecule has 2 aromatic heterocycles. The Bertz CT molecular complexity index is 803. The van der Waals surface area contributed by atoms with Crippen molar-refractivity contribution in [1.29, 1.82) is 0 Å². The minimum Gasteiger partial charge on any atom is -0.390 e. The van der Waals surface area contributed by atoms with Gasteiger partial charge in [-0.25, -0.2) is 14.6 Å². The molecule has 116 valence electrons. The number of anilines is 1. The Morgan fingerprint density at radius 3 is 2.78 bits per heavy atom. The molecular weight excluding hydrogens is 292 g/mol. The molecule has 0 atom stereocenters. The Morgan fingerprint density at radius 1 is 1.09 bits per heavy atom. The van der Waals surface area contributed by atoms with Crippen molar-refractivity contribution in [2.75, 3.05) is 11.4 Å². The molecule has 3 aromatic rings. The molecular formula is C16H16N6O. The van der Waals surface area contributed by atoms with E-state index < -0.39 is 0 Å². The van der Waals surface area contributed by atoms with Crippen molar-refractivity contribution >= 4 is 5.82 Å². The van der Waals surface area contributed by atoms with Crippen LogP contribution in [0.15, 0.2) is 42.6 Å². The van der Waals surface area contributed by atoms with Crippen molar-refractivity contribution in [1.82, 2.24) is 25.0 Å². The second-order valence-electron chi connectivity index (χ2n) is 5.39. The zero-order valence-corrected chi connectivity index (χ0v) is 12.5. The maximum atomic E-state index is 9.37. The van der Waals surface area contributed by atoms with Crippen LogP contribution >= 0.6 is 0 Å². The second kappa shape index (κ2) is 5.77. The Balaban J connectivity index is 1.64. The van der Waals surface area contributed by atoms with Gasteiger partial charge >= 0.3 is 0 Å². The normalized spacial score (nSPS) is 13.9. The molecule has 1 N–H and O–H groups in total. The first kappa shape index (κ1) is 13.8. The Hall–Kier alpha value is -2.80. The number of fused-ring (bicyclic) bond motifs is 1. The molecule has 4 rings (SSSR count). The minimum atomic E-state index is -0.0950. The van der Waals surface area contributed by atoms with Crippen LogP contribution in [0.1, 0.15) is 11.4 Å². The zero-order chi connectivity index (χ0) is 15.6. The summed E-state index contributed by atoms with van der Waals surface area (Å²) in [6.45, 7) is 2.07. The van der Waals surface area contributed by atoms with Crippen molar-refractivity contribution in [2.45, 2.75) is 19.7 Å². The van der Waals surface area contributed by atoms with Crippen molar-refractivity contribution in [3.05, 3.63) is 54.0 Å². The summed E-state index contributed by atoms with van der Waals surface area (Å²) in [6.07, 6.45) is 1.78. The van der Waals surface area contributed by atoms with Gasteiger partial charge in [0.2, 0.25) is 0 Å². The van der Waals surface area contributed by atoms with Crippen LogP contribution in [0.5, 0.6) is 0 Å². The van der Waals surface area contributed by atoms with Gasteiger partial charge < -0.3 is 10.0 Å². The monoisotopic (exact) mass is 308 g/mol. The lowest BCUT2D eigenvalue weighted by Gasteiger charge is -2.28. The minimum absolute atomic E-state index is 0.0950. The lowest BCUT2D eigenvalue weighted by molar-refractivity contribution is 0.275. The Labute approximate surface area is 133 Å². The van der Waals surface area contributed by atoms with E-state index in [0.717, 1.165) is 30.2 Å². The third-order valence-electron chi connectivity index (χ3n) is 3.99. The molecule has 7 heteroatoms. The van der Waals surface area contributed by atoms with E-state index in [2.05, 4.69) is 25.2 Å². The van der Waals surface area contributed by atoms with E-state index in [9.17, 15) is 5.11 Å². The van der Waals surface area contributed by atoms with Gasteiger partial charge in [-0.15, -0.1) is 5.10 Å². The standard InChI is InChI=1S/C16H16N6O/c23-11-13-14-10-21(8-9-22(14)20-19-13)15-6-7-17-16(18-15)12-4-2-1-3-5-12/h1-7,23H,8-11H2. The van der Waals surface area contributed by atoms with Gasteiger partial charge in [0.1, 0.15) is 11.5 Å². The summed E-state index contributed by atoms with van der Waals surface area (Å²) in [4.78, 5) is 11.2. The van der Waals surface area contributed by atoms with Gasteiger partial charge in [-0.05, 0) is 6.07 Å². The zero-order valence-electron chi connectivity index (χ0n) is 12.5. The van der Waals surface area contributed by atoms with E-state index in [1.165, 1.54) is 0 Å². The van der Waals surface area contributed by atoms with E-state index in [-0.39, 0.29) is 6.61 Å². The van der Waals surface area contributed by atoms with Crippen molar-refractivity contribution in [3.63, 3.8) is 0 Å². The van der Waals surface area contributed by atoms with Crippen LogP contribution in [0.2, 0.25) is 0 Å². The van der Waals surface area contributed by atoms with Crippen LogP contribution in [0.4, 0.5) is 5.82 Å². The molecule has 7 nitrogen and oxygen atoms in total. The number of rotatable bonds is 3. The fourth-order valence-electron chi connectivity index (χ4n) is 2.77. The summed E-state index contributed by atoms with van der Waals surface area (Å²) in [5, 5.41) is 17.5. The average Bonchev–Trinajstić information content (AvgIpc) is 3.05. The molecule has 0 saturated heterocycles. The number of hydrogen-bond acceptors (Lipinski definition) is 6. The van der Waals surface area contributed by atoms with Crippen LogP contribution in [-0.2, 0) is 19.7 Å². The van der Waals surface area contributed by atoms with Gasteiger partial charge in [0.25, 0.3) is 0 Å². The Morgan fingerprint density at radius 2 is 1.96 bits per heavy atom. The van der Waals surface area contributed by atoms with Crippen molar-refractivity contribution in [3.8, 4) is 11.4 Å². The summed E-state index contributed by atoms with van der Waals surface area (Å²) < 4.78 is 1.85. The SMILES string of the molecule is OCc1nnn2c1CN(c1ccnc(-c3ccccc3)n1)CC2. The fourth-order valence-corrected chi connectivity index (χ4v) is 2.77. The summed E-state index contributed by atoms with van der Waals surface area (Å²) in [7, 11) is 0. The first-order valence-electron chi connectivity index (χ1n) is 7.50. The summed E-state index contributed by atoms with van der Waals surface area (Å²) >= 11 is 0. The third-order valence-corrected chi connectivity index (χ3v) is 3.99. The summed E-state index contributed by atoms with van der Waals surface area (Å²) in [6, 6.07) is 11.8. The molecule has 23 heavy (non-hydrogen) atoms. The highest BCUT2D eigenvalue weighted by Gasteiger charge is 2.22. The highest BCUT2D eigenvalue weighted by atomic mass is 16.3. The third kappa shape index (κ3) is 2.55. The van der Waals surface area contributed by atoms with Gasteiger partial charge in [0.05, 0.1) is 25.4 Å². The van der Waals surface area contributed by atoms with E-state index in [0.29, 0.717) is 18.1 Å². The van der Waals surface area contributed by atoms with Gasteiger partial charge in [-0.1, -0.05) is 35.5 Å². The second-order valence-corrected chi connectivity index (χ2v) is 5.39. The van der Waals surface area contributed by atoms with Gasteiger partial charge in [0.15, 0.2) is 5.82 Å². The van der Waals surface area contributed by atoms with E-state index in [1.807, 2.05) is 41.1 Å². The molecule has 0 amide bonds. The van der Waals surface area contributed by atoms with Crippen LogP contribution in [0.3, 0.4) is 0 Å². The number of hydrogen-bond donors (Lipinski definition) is 1.